The zero-order chi connectivity index (χ0) is 20.8. The number of hydrogen-bond donors (Lipinski definition) is 1. The Balaban J connectivity index is 1.61. The molecule has 0 atom stereocenters. The smallest absolute Gasteiger partial charge is 0.232 e. The Bertz CT molecular complexity index is 1000. The molecule has 0 unspecified atom stereocenters. The lowest BCUT2D eigenvalue weighted by molar-refractivity contribution is -0.115. The maximum absolute atomic E-state index is 12.3. The molecular formula is C20H18Cl2N4O2S. The molecular weight excluding hydrogens is 431 g/mol. The highest BCUT2D eigenvalue weighted by Gasteiger charge is 2.16. The average Bonchev–Trinajstić information content (AvgIpc) is 3.09. The van der Waals surface area contributed by atoms with E-state index in [1.807, 2.05) is 11.5 Å². The molecule has 1 amide bonds. The molecule has 150 valence electrons. The molecule has 6 nitrogen and oxygen atoms in total. The van der Waals surface area contributed by atoms with Crippen molar-refractivity contribution in [3.8, 4) is 0 Å². The van der Waals surface area contributed by atoms with E-state index >= 15 is 0 Å². The van der Waals surface area contributed by atoms with Gasteiger partial charge >= 0.3 is 0 Å². The van der Waals surface area contributed by atoms with Crippen LogP contribution >= 0.6 is 35.0 Å². The van der Waals surface area contributed by atoms with Crippen LogP contribution in [0.2, 0.25) is 10.0 Å². The molecule has 0 saturated carbocycles. The first-order valence-electron chi connectivity index (χ1n) is 8.85. The van der Waals surface area contributed by atoms with Crippen molar-refractivity contribution >= 4 is 52.3 Å². The standard InChI is InChI=1S/C20H18Cl2N4O2S/c1-2-26-18(11-19(28)23-16-9-7-15(22)8-10-16)24-25-20(26)29-12-17(27)13-3-5-14(21)6-4-13/h3-10H,2,11-12H2,1H3,(H,23,28). The van der Waals surface area contributed by atoms with Gasteiger partial charge in [-0.05, 0) is 55.5 Å². The van der Waals surface area contributed by atoms with E-state index in [2.05, 4.69) is 15.5 Å². The van der Waals surface area contributed by atoms with Crippen LogP contribution in [-0.4, -0.2) is 32.2 Å². The average molecular weight is 449 g/mol. The molecule has 1 aromatic heterocycles. The summed E-state index contributed by atoms with van der Waals surface area (Å²) in [6.07, 6.45) is 0.0785. The number of benzene rings is 2. The zero-order valence-corrected chi connectivity index (χ0v) is 17.9. The second-order valence-electron chi connectivity index (χ2n) is 6.09. The fourth-order valence-electron chi connectivity index (χ4n) is 2.61. The minimum absolute atomic E-state index is 0.0284. The second-order valence-corrected chi connectivity index (χ2v) is 7.91. The van der Waals surface area contributed by atoms with E-state index in [1.54, 1.807) is 48.5 Å². The van der Waals surface area contributed by atoms with Gasteiger partial charge in [-0.2, -0.15) is 0 Å². The van der Waals surface area contributed by atoms with Crippen LogP contribution in [-0.2, 0) is 17.8 Å². The number of carbonyl (C=O) groups excluding carboxylic acids is 2. The molecule has 0 radical (unpaired) electrons. The van der Waals surface area contributed by atoms with Gasteiger partial charge < -0.3 is 9.88 Å². The molecule has 0 bridgehead atoms. The highest BCUT2D eigenvalue weighted by molar-refractivity contribution is 7.99. The van der Waals surface area contributed by atoms with Crippen LogP contribution in [0.4, 0.5) is 5.69 Å². The van der Waals surface area contributed by atoms with Crippen molar-refractivity contribution in [2.75, 3.05) is 11.1 Å². The molecule has 1 heterocycles. The highest BCUT2D eigenvalue weighted by atomic mass is 35.5. The van der Waals surface area contributed by atoms with E-state index in [4.69, 9.17) is 23.2 Å². The summed E-state index contributed by atoms with van der Waals surface area (Å²) in [5.41, 5.74) is 1.25. The van der Waals surface area contributed by atoms with Gasteiger partial charge in [0, 0.05) is 27.8 Å². The van der Waals surface area contributed by atoms with E-state index < -0.39 is 0 Å². The summed E-state index contributed by atoms with van der Waals surface area (Å²) >= 11 is 13.0. The quantitative estimate of drug-likeness (QED) is 0.396. The molecule has 0 aliphatic rings. The summed E-state index contributed by atoms with van der Waals surface area (Å²) in [5.74, 6) is 0.527. The Labute approximate surface area is 182 Å². The number of ketones is 1. The molecule has 1 N–H and O–H groups in total. The van der Waals surface area contributed by atoms with E-state index in [9.17, 15) is 9.59 Å². The highest BCUT2D eigenvalue weighted by Crippen LogP contribution is 2.20. The maximum atomic E-state index is 12.3. The van der Waals surface area contributed by atoms with Crippen molar-refractivity contribution in [2.24, 2.45) is 0 Å². The molecule has 3 aromatic rings. The third-order valence-electron chi connectivity index (χ3n) is 4.05. The first-order chi connectivity index (χ1) is 14.0. The number of anilines is 1. The molecule has 0 fully saturated rings. The normalized spacial score (nSPS) is 10.7. The summed E-state index contributed by atoms with van der Waals surface area (Å²) in [6.45, 7) is 2.53. The minimum Gasteiger partial charge on any atom is -0.326 e. The van der Waals surface area contributed by atoms with Gasteiger partial charge in [-0.15, -0.1) is 10.2 Å². The Morgan fingerprint density at radius 2 is 1.62 bits per heavy atom. The predicted octanol–water partition coefficient (Wildman–Crippen LogP) is 4.76. The maximum Gasteiger partial charge on any atom is 0.232 e. The van der Waals surface area contributed by atoms with Gasteiger partial charge in [0.05, 0.1) is 12.2 Å². The number of nitrogens with zero attached hydrogens (tertiary/aromatic N) is 3. The Hall–Kier alpha value is -2.35. The monoisotopic (exact) mass is 448 g/mol. The number of carbonyl (C=O) groups is 2. The largest absolute Gasteiger partial charge is 0.326 e. The Morgan fingerprint density at radius 3 is 2.24 bits per heavy atom. The summed E-state index contributed by atoms with van der Waals surface area (Å²) in [4.78, 5) is 24.7. The van der Waals surface area contributed by atoms with Gasteiger partial charge in [0.15, 0.2) is 10.9 Å². The van der Waals surface area contributed by atoms with E-state index in [0.717, 1.165) is 0 Å². The van der Waals surface area contributed by atoms with Crippen LogP contribution in [0.25, 0.3) is 0 Å². The number of thioether (sulfide) groups is 1. The van der Waals surface area contributed by atoms with Crippen LogP contribution in [0.15, 0.2) is 53.7 Å². The van der Waals surface area contributed by atoms with Crippen LogP contribution in [0.3, 0.4) is 0 Å². The Morgan fingerprint density at radius 1 is 1.00 bits per heavy atom. The number of hydrogen-bond acceptors (Lipinski definition) is 5. The van der Waals surface area contributed by atoms with E-state index in [0.29, 0.717) is 38.8 Å². The van der Waals surface area contributed by atoms with Crippen molar-refractivity contribution in [3.63, 3.8) is 0 Å². The first-order valence-corrected chi connectivity index (χ1v) is 10.6. The van der Waals surface area contributed by atoms with E-state index in [-0.39, 0.29) is 23.9 Å². The molecule has 0 saturated heterocycles. The van der Waals surface area contributed by atoms with Crippen molar-refractivity contribution in [1.82, 2.24) is 14.8 Å². The van der Waals surface area contributed by atoms with Gasteiger partial charge in [0.1, 0.15) is 5.82 Å². The second kappa shape index (κ2) is 9.91. The lowest BCUT2D eigenvalue weighted by Crippen LogP contribution is -2.17. The Kier molecular flexibility index (Phi) is 7.30. The predicted molar refractivity (Wildman–Crippen MR) is 116 cm³/mol. The third kappa shape index (κ3) is 5.82. The van der Waals surface area contributed by atoms with Crippen LogP contribution in [0, 0.1) is 0 Å². The zero-order valence-electron chi connectivity index (χ0n) is 15.6. The first kappa shape index (κ1) is 21.4. The lowest BCUT2D eigenvalue weighted by atomic mass is 10.1. The van der Waals surface area contributed by atoms with Gasteiger partial charge in [-0.25, -0.2) is 0 Å². The van der Waals surface area contributed by atoms with Crippen molar-refractivity contribution in [2.45, 2.75) is 25.0 Å². The summed E-state index contributed by atoms with van der Waals surface area (Å²) < 4.78 is 1.83. The molecule has 0 aliphatic heterocycles. The number of halogens is 2. The van der Waals surface area contributed by atoms with Gasteiger partial charge in [0.2, 0.25) is 5.91 Å². The van der Waals surface area contributed by atoms with Crippen LogP contribution < -0.4 is 5.32 Å². The molecule has 9 heteroatoms. The summed E-state index contributed by atoms with van der Waals surface area (Å²) in [6, 6.07) is 13.6. The molecule has 0 spiro atoms. The lowest BCUT2D eigenvalue weighted by Gasteiger charge is -2.08. The number of Topliss-reactive ketones (excluding diaryl/α,β-unsaturated/α-hetero) is 1. The summed E-state index contributed by atoms with van der Waals surface area (Å²) in [7, 11) is 0. The van der Waals surface area contributed by atoms with Crippen molar-refractivity contribution in [1.29, 1.82) is 0 Å². The van der Waals surface area contributed by atoms with Crippen LogP contribution in [0.1, 0.15) is 23.1 Å². The van der Waals surface area contributed by atoms with Gasteiger partial charge in [0.25, 0.3) is 0 Å². The van der Waals surface area contributed by atoms with Gasteiger partial charge in [-0.1, -0.05) is 35.0 Å². The minimum atomic E-state index is -0.205. The van der Waals surface area contributed by atoms with Crippen molar-refractivity contribution in [3.05, 3.63) is 70.0 Å². The van der Waals surface area contributed by atoms with Crippen molar-refractivity contribution < 1.29 is 9.59 Å². The van der Waals surface area contributed by atoms with E-state index in [1.165, 1.54) is 11.8 Å². The number of amides is 1. The number of nitrogens with one attached hydrogen (secondary N) is 1. The molecule has 29 heavy (non-hydrogen) atoms. The fourth-order valence-corrected chi connectivity index (χ4v) is 3.77. The third-order valence-corrected chi connectivity index (χ3v) is 5.53. The SMILES string of the molecule is CCn1c(CC(=O)Nc2ccc(Cl)cc2)nnc1SCC(=O)c1ccc(Cl)cc1. The number of rotatable bonds is 8. The van der Waals surface area contributed by atoms with Gasteiger partial charge in [-0.3, -0.25) is 9.59 Å². The topological polar surface area (TPSA) is 76.9 Å². The summed E-state index contributed by atoms with van der Waals surface area (Å²) in [5, 5.41) is 12.9. The molecule has 2 aromatic carbocycles. The number of aromatic nitrogens is 3. The molecule has 0 aliphatic carbocycles. The van der Waals surface area contributed by atoms with Crippen LogP contribution in [0.5, 0.6) is 0 Å². The molecule has 3 rings (SSSR count). The fraction of sp³-hybridized carbons (Fsp3) is 0.200.